The van der Waals surface area contributed by atoms with Crippen LogP contribution in [-0.2, 0) is 6.42 Å². The fourth-order valence-electron chi connectivity index (χ4n) is 2.28. The Morgan fingerprint density at radius 1 is 1.14 bits per heavy atom. The van der Waals surface area contributed by atoms with Gasteiger partial charge in [-0.3, -0.25) is 0 Å². The van der Waals surface area contributed by atoms with Crippen molar-refractivity contribution < 1.29 is 4.74 Å². The second-order valence-electron chi connectivity index (χ2n) is 4.76. The highest BCUT2D eigenvalue weighted by molar-refractivity contribution is 9.10. The van der Waals surface area contributed by atoms with E-state index in [4.69, 9.17) is 16.3 Å². The van der Waals surface area contributed by atoms with Gasteiger partial charge in [-0.2, -0.15) is 0 Å². The molecule has 4 heteroatoms. The van der Waals surface area contributed by atoms with Crippen LogP contribution in [0, 0.1) is 0 Å². The molecule has 0 amide bonds. The number of halogens is 2. The standard InChI is InChI=1S/C17H14BrClOS/c1-2-20-14-5-3-11-8-15(21-17(11)10-14)9-12-7-13(18)4-6-16(12)19/h3-8,10H,2,9H2,1H3. The lowest BCUT2D eigenvalue weighted by atomic mass is 10.1. The van der Waals surface area contributed by atoms with Crippen LogP contribution in [0.15, 0.2) is 46.9 Å². The number of benzene rings is 2. The Labute approximate surface area is 141 Å². The molecule has 2 aromatic carbocycles. The summed E-state index contributed by atoms with van der Waals surface area (Å²) < 4.78 is 7.86. The van der Waals surface area contributed by atoms with Crippen LogP contribution in [-0.4, -0.2) is 6.61 Å². The van der Waals surface area contributed by atoms with Gasteiger partial charge < -0.3 is 4.74 Å². The summed E-state index contributed by atoms with van der Waals surface area (Å²) in [4.78, 5) is 1.30. The quantitative estimate of drug-likeness (QED) is 0.515. The normalized spacial score (nSPS) is 11.0. The van der Waals surface area contributed by atoms with E-state index in [1.807, 2.05) is 25.1 Å². The average Bonchev–Trinajstić information content (AvgIpc) is 2.85. The maximum atomic E-state index is 6.28. The van der Waals surface area contributed by atoms with Gasteiger partial charge in [-0.25, -0.2) is 0 Å². The first-order valence-electron chi connectivity index (χ1n) is 6.75. The third kappa shape index (κ3) is 3.42. The van der Waals surface area contributed by atoms with E-state index in [0.29, 0.717) is 6.61 Å². The van der Waals surface area contributed by atoms with Crippen LogP contribution in [0.4, 0.5) is 0 Å². The molecular formula is C17H14BrClOS. The highest BCUT2D eigenvalue weighted by Gasteiger charge is 2.07. The van der Waals surface area contributed by atoms with Crippen LogP contribution in [0.5, 0.6) is 5.75 Å². The Morgan fingerprint density at radius 2 is 2.00 bits per heavy atom. The number of rotatable bonds is 4. The summed E-state index contributed by atoms with van der Waals surface area (Å²) in [5, 5.41) is 2.07. The zero-order chi connectivity index (χ0) is 14.8. The molecular weight excluding hydrogens is 368 g/mol. The molecule has 1 nitrogen and oxygen atoms in total. The Balaban J connectivity index is 1.92. The lowest BCUT2D eigenvalue weighted by Crippen LogP contribution is -1.89. The Hall–Kier alpha value is -1.03. The van der Waals surface area contributed by atoms with Gasteiger partial charge in [-0.05, 0) is 60.3 Å². The predicted octanol–water partition coefficient (Wildman–Crippen LogP) is 6.31. The maximum Gasteiger partial charge on any atom is 0.120 e. The zero-order valence-electron chi connectivity index (χ0n) is 11.5. The summed E-state index contributed by atoms with van der Waals surface area (Å²) in [6.07, 6.45) is 0.849. The maximum absolute atomic E-state index is 6.28. The smallest absolute Gasteiger partial charge is 0.120 e. The van der Waals surface area contributed by atoms with Crippen molar-refractivity contribution in [2.75, 3.05) is 6.61 Å². The minimum atomic E-state index is 0.692. The van der Waals surface area contributed by atoms with Crippen LogP contribution in [0.2, 0.25) is 5.02 Å². The second kappa shape index (κ2) is 6.39. The molecule has 0 radical (unpaired) electrons. The van der Waals surface area contributed by atoms with Gasteiger partial charge in [-0.1, -0.05) is 27.5 Å². The fourth-order valence-corrected chi connectivity index (χ4v) is 3.99. The molecule has 0 saturated heterocycles. The molecule has 0 atom stereocenters. The van der Waals surface area contributed by atoms with Crippen molar-refractivity contribution in [1.82, 2.24) is 0 Å². The van der Waals surface area contributed by atoms with Gasteiger partial charge in [0.2, 0.25) is 0 Å². The highest BCUT2D eigenvalue weighted by Crippen LogP contribution is 2.32. The van der Waals surface area contributed by atoms with E-state index in [1.54, 1.807) is 11.3 Å². The average molecular weight is 382 g/mol. The molecule has 3 aromatic rings. The highest BCUT2D eigenvalue weighted by atomic mass is 79.9. The zero-order valence-corrected chi connectivity index (χ0v) is 14.7. The van der Waals surface area contributed by atoms with Gasteiger partial charge in [0.05, 0.1) is 6.61 Å². The summed E-state index contributed by atoms with van der Waals surface area (Å²) in [6.45, 7) is 2.69. The predicted molar refractivity (Wildman–Crippen MR) is 95.0 cm³/mol. The first kappa shape index (κ1) is 14.9. The minimum absolute atomic E-state index is 0.692. The van der Waals surface area contributed by atoms with E-state index in [-0.39, 0.29) is 0 Å². The van der Waals surface area contributed by atoms with E-state index < -0.39 is 0 Å². The number of thiophene rings is 1. The second-order valence-corrected chi connectivity index (χ2v) is 7.25. The third-order valence-electron chi connectivity index (χ3n) is 3.23. The molecule has 108 valence electrons. The summed E-state index contributed by atoms with van der Waals surface area (Å²) in [5.74, 6) is 0.930. The van der Waals surface area contributed by atoms with Gasteiger partial charge >= 0.3 is 0 Å². The third-order valence-corrected chi connectivity index (χ3v) is 5.19. The molecule has 1 heterocycles. The summed E-state index contributed by atoms with van der Waals surface area (Å²) in [7, 11) is 0. The molecule has 0 bridgehead atoms. The van der Waals surface area contributed by atoms with E-state index in [2.05, 4.69) is 40.2 Å². The number of ether oxygens (including phenoxy) is 1. The number of hydrogen-bond donors (Lipinski definition) is 0. The monoisotopic (exact) mass is 380 g/mol. The molecule has 0 aliphatic carbocycles. The largest absolute Gasteiger partial charge is 0.494 e. The molecule has 3 rings (SSSR count). The Morgan fingerprint density at radius 3 is 2.81 bits per heavy atom. The number of hydrogen-bond acceptors (Lipinski definition) is 2. The molecule has 0 aliphatic heterocycles. The molecule has 1 aromatic heterocycles. The van der Waals surface area contributed by atoms with Crippen molar-refractivity contribution in [2.24, 2.45) is 0 Å². The van der Waals surface area contributed by atoms with Crippen molar-refractivity contribution in [3.05, 3.63) is 62.4 Å². The first-order valence-corrected chi connectivity index (χ1v) is 8.73. The number of fused-ring (bicyclic) bond motifs is 1. The topological polar surface area (TPSA) is 9.23 Å². The van der Waals surface area contributed by atoms with Gasteiger partial charge in [0, 0.05) is 25.5 Å². The lowest BCUT2D eigenvalue weighted by molar-refractivity contribution is 0.341. The molecule has 21 heavy (non-hydrogen) atoms. The van der Waals surface area contributed by atoms with Crippen LogP contribution in [0.25, 0.3) is 10.1 Å². The van der Waals surface area contributed by atoms with Crippen molar-refractivity contribution in [3.8, 4) is 5.75 Å². The van der Waals surface area contributed by atoms with Crippen LogP contribution in [0.1, 0.15) is 17.4 Å². The van der Waals surface area contributed by atoms with Gasteiger partial charge in [0.15, 0.2) is 0 Å². The van der Waals surface area contributed by atoms with Crippen molar-refractivity contribution in [1.29, 1.82) is 0 Å². The fraction of sp³-hybridized carbons (Fsp3) is 0.176. The lowest BCUT2D eigenvalue weighted by Gasteiger charge is -2.02. The summed E-state index contributed by atoms with van der Waals surface area (Å²) in [5.41, 5.74) is 1.14. The van der Waals surface area contributed by atoms with E-state index in [1.165, 1.54) is 15.0 Å². The van der Waals surface area contributed by atoms with E-state index in [9.17, 15) is 0 Å². The van der Waals surface area contributed by atoms with Crippen molar-refractivity contribution in [3.63, 3.8) is 0 Å². The van der Waals surface area contributed by atoms with E-state index in [0.717, 1.165) is 27.2 Å². The van der Waals surface area contributed by atoms with E-state index >= 15 is 0 Å². The molecule has 0 N–H and O–H groups in total. The van der Waals surface area contributed by atoms with Crippen LogP contribution in [0.3, 0.4) is 0 Å². The van der Waals surface area contributed by atoms with Gasteiger partial charge in [0.25, 0.3) is 0 Å². The van der Waals surface area contributed by atoms with Crippen molar-refractivity contribution >= 4 is 49.0 Å². The van der Waals surface area contributed by atoms with Gasteiger partial charge in [0.1, 0.15) is 5.75 Å². The van der Waals surface area contributed by atoms with Crippen LogP contribution >= 0.6 is 38.9 Å². The molecule has 0 fully saturated rings. The first-order chi connectivity index (χ1) is 10.2. The molecule has 0 saturated carbocycles. The summed E-state index contributed by atoms with van der Waals surface area (Å²) >= 11 is 11.6. The van der Waals surface area contributed by atoms with Gasteiger partial charge in [-0.15, -0.1) is 11.3 Å². The Bertz CT molecular complexity index is 782. The van der Waals surface area contributed by atoms with Crippen LogP contribution < -0.4 is 4.74 Å². The molecule has 0 aliphatic rings. The summed E-state index contributed by atoms with van der Waals surface area (Å²) in [6, 6.07) is 14.4. The molecule has 0 unspecified atom stereocenters. The van der Waals surface area contributed by atoms with Crippen molar-refractivity contribution in [2.45, 2.75) is 13.3 Å². The SMILES string of the molecule is CCOc1ccc2cc(Cc3cc(Br)ccc3Cl)sc2c1. The molecule has 0 spiro atoms. The minimum Gasteiger partial charge on any atom is -0.494 e. The Kier molecular flexibility index (Phi) is 4.53.